The fourth-order valence-corrected chi connectivity index (χ4v) is 4.15. The van der Waals surface area contributed by atoms with Crippen molar-refractivity contribution in [3.8, 4) is 0 Å². The zero-order valence-corrected chi connectivity index (χ0v) is 17.8. The molecule has 0 N–H and O–H groups in total. The predicted molar refractivity (Wildman–Crippen MR) is 110 cm³/mol. The van der Waals surface area contributed by atoms with Gasteiger partial charge in [-0.15, -0.1) is 0 Å². The Hall–Kier alpha value is -1.34. The van der Waals surface area contributed by atoms with E-state index in [1.165, 1.54) is 24.6 Å². The third-order valence-corrected chi connectivity index (χ3v) is 5.86. The number of hydrogen-bond donors (Lipinski definition) is 0. The van der Waals surface area contributed by atoms with Gasteiger partial charge in [0.25, 0.3) is 5.56 Å². The minimum Gasteiger partial charge on any atom is -0.345 e. The zero-order valence-electron chi connectivity index (χ0n) is 15.4. The molecule has 0 unspecified atom stereocenters. The Morgan fingerprint density at radius 2 is 2.15 bits per heavy atom. The lowest BCUT2D eigenvalue weighted by Crippen LogP contribution is -2.31. The number of carbonyl (C=O) groups is 1. The molecule has 0 spiro atoms. The molecule has 1 aliphatic carbocycles. The fourth-order valence-electron chi connectivity index (χ4n) is 2.84. The molecule has 5 nitrogen and oxygen atoms in total. The van der Waals surface area contributed by atoms with Gasteiger partial charge >= 0.3 is 0 Å². The summed E-state index contributed by atoms with van der Waals surface area (Å²) in [5, 5.41) is 1.22. The van der Waals surface area contributed by atoms with E-state index in [9.17, 15) is 9.59 Å². The SMILES string of the molecule is CC(C)Cn1c(SCC(=O)N(C)CC2CC2)nc2ccc(Br)cc2c1=O. The van der Waals surface area contributed by atoms with E-state index in [4.69, 9.17) is 0 Å². The van der Waals surface area contributed by atoms with Gasteiger partial charge in [0.1, 0.15) is 0 Å². The van der Waals surface area contributed by atoms with Gasteiger partial charge in [0.05, 0.1) is 16.7 Å². The van der Waals surface area contributed by atoms with Crippen molar-refractivity contribution in [2.24, 2.45) is 11.8 Å². The van der Waals surface area contributed by atoms with Crippen LogP contribution in [0.4, 0.5) is 0 Å². The highest BCUT2D eigenvalue weighted by molar-refractivity contribution is 9.10. The number of fused-ring (bicyclic) bond motifs is 1. The molecule has 1 saturated carbocycles. The summed E-state index contributed by atoms with van der Waals surface area (Å²) < 4.78 is 2.57. The van der Waals surface area contributed by atoms with E-state index in [0.717, 1.165) is 11.0 Å². The second-order valence-electron chi connectivity index (χ2n) is 7.37. The Kier molecular flexibility index (Phi) is 6.07. The van der Waals surface area contributed by atoms with Crippen molar-refractivity contribution < 1.29 is 4.79 Å². The van der Waals surface area contributed by atoms with Gasteiger partial charge in [-0.2, -0.15) is 0 Å². The van der Waals surface area contributed by atoms with Crippen molar-refractivity contribution in [2.75, 3.05) is 19.3 Å². The smallest absolute Gasteiger partial charge is 0.262 e. The van der Waals surface area contributed by atoms with Gasteiger partial charge in [0.15, 0.2) is 5.16 Å². The van der Waals surface area contributed by atoms with Crippen LogP contribution in [-0.2, 0) is 11.3 Å². The van der Waals surface area contributed by atoms with Crippen molar-refractivity contribution in [3.63, 3.8) is 0 Å². The quantitative estimate of drug-likeness (QED) is 0.488. The Morgan fingerprint density at radius 3 is 2.81 bits per heavy atom. The van der Waals surface area contributed by atoms with Crippen LogP contribution in [0, 0.1) is 11.8 Å². The number of aromatic nitrogens is 2. The van der Waals surface area contributed by atoms with Crippen LogP contribution in [-0.4, -0.2) is 39.7 Å². The summed E-state index contributed by atoms with van der Waals surface area (Å²) in [5.74, 6) is 1.37. The number of nitrogens with zero attached hydrogens (tertiary/aromatic N) is 3. The van der Waals surface area contributed by atoms with Gasteiger partial charge in [-0.05, 0) is 42.9 Å². The van der Waals surface area contributed by atoms with Crippen molar-refractivity contribution >= 4 is 44.5 Å². The number of hydrogen-bond acceptors (Lipinski definition) is 4. The monoisotopic (exact) mass is 437 g/mol. The molecule has 140 valence electrons. The summed E-state index contributed by atoms with van der Waals surface area (Å²) in [4.78, 5) is 31.8. The topological polar surface area (TPSA) is 55.2 Å². The van der Waals surface area contributed by atoms with Crippen molar-refractivity contribution in [1.29, 1.82) is 0 Å². The van der Waals surface area contributed by atoms with Crippen molar-refractivity contribution in [2.45, 2.75) is 38.4 Å². The largest absolute Gasteiger partial charge is 0.345 e. The van der Waals surface area contributed by atoms with Gasteiger partial charge in [-0.3, -0.25) is 14.2 Å². The summed E-state index contributed by atoms with van der Waals surface area (Å²) in [6, 6.07) is 5.53. The van der Waals surface area contributed by atoms with Crippen LogP contribution in [0.15, 0.2) is 32.6 Å². The van der Waals surface area contributed by atoms with Gasteiger partial charge in [0, 0.05) is 24.6 Å². The molecule has 26 heavy (non-hydrogen) atoms. The molecule has 1 aromatic carbocycles. The normalized spacial score (nSPS) is 14.2. The van der Waals surface area contributed by atoms with Gasteiger partial charge in [0.2, 0.25) is 5.91 Å². The number of thioether (sulfide) groups is 1. The minimum absolute atomic E-state index is 0.0497. The van der Waals surface area contributed by atoms with E-state index in [1.54, 1.807) is 9.47 Å². The first kappa shape index (κ1) is 19.4. The maximum Gasteiger partial charge on any atom is 0.262 e. The Balaban J connectivity index is 1.86. The lowest BCUT2D eigenvalue weighted by Gasteiger charge is -2.18. The Bertz CT molecular complexity index is 877. The highest BCUT2D eigenvalue weighted by Crippen LogP contribution is 2.29. The van der Waals surface area contributed by atoms with E-state index in [2.05, 4.69) is 34.8 Å². The summed E-state index contributed by atoms with van der Waals surface area (Å²) in [5.41, 5.74) is 0.616. The molecular formula is C19H24BrN3O2S. The summed E-state index contributed by atoms with van der Waals surface area (Å²) in [7, 11) is 1.85. The molecule has 2 aromatic rings. The average Bonchev–Trinajstić information content (AvgIpc) is 3.39. The van der Waals surface area contributed by atoms with E-state index in [0.29, 0.717) is 40.2 Å². The molecule has 1 fully saturated rings. The van der Waals surface area contributed by atoms with Crippen LogP contribution in [0.2, 0.25) is 0 Å². The molecule has 1 amide bonds. The average molecular weight is 438 g/mol. The maximum atomic E-state index is 13.0. The molecule has 3 rings (SSSR count). The predicted octanol–water partition coefficient (Wildman–Crippen LogP) is 3.78. The zero-order chi connectivity index (χ0) is 18.8. The first-order chi connectivity index (χ1) is 12.3. The molecule has 1 heterocycles. The third-order valence-electron chi connectivity index (χ3n) is 4.41. The molecule has 0 aliphatic heterocycles. The van der Waals surface area contributed by atoms with Gasteiger partial charge in [-0.1, -0.05) is 41.5 Å². The van der Waals surface area contributed by atoms with Crippen LogP contribution in [0.3, 0.4) is 0 Å². The third kappa shape index (κ3) is 4.68. The van der Waals surface area contributed by atoms with Gasteiger partial charge in [-0.25, -0.2) is 4.98 Å². The first-order valence-electron chi connectivity index (χ1n) is 8.92. The number of benzene rings is 1. The van der Waals surface area contributed by atoms with Crippen molar-refractivity contribution in [1.82, 2.24) is 14.5 Å². The van der Waals surface area contributed by atoms with Crippen LogP contribution in [0.5, 0.6) is 0 Å². The summed E-state index contributed by atoms with van der Waals surface area (Å²) in [6.07, 6.45) is 2.45. The van der Waals surface area contributed by atoms with Crippen LogP contribution >= 0.6 is 27.7 Å². The van der Waals surface area contributed by atoms with E-state index in [1.807, 2.05) is 25.2 Å². The summed E-state index contributed by atoms with van der Waals surface area (Å²) >= 11 is 4.77. The number of rotatable bonds is 7. The lowest BCUT2D eigenvalue weighted by atomic mass is 10.2. The maximum absolute atomic E-state index is 13.0. The summed E-state index contributed by atoms with van der Waals surface area (Å²) in [6.45, 7) is 5.56. The second-order valence-corrected chi connectivity index (χ2v) is 9.23. The van der Waals surface area contributed by atoms with Crippen LogP contribution in [0.25, 0.3) is 10.9 Å². The Morgan fingerprint density at radius 1 is 1.42 bits per heavy atom. The first-order valence-corrected chi connectivity index (χ1v) is 10.7. The number of halogens is 1. The molecule has 1 aromatic heterocycles. The molecule has 1 aliphatic rings. The van der Waals surface area contributed by atoms with Crippen LogP contribution < -0.4 is 5.56 Å². The molecule has 0 atom stereocenters. The van der Waals surface area contributed by atoms with E-state index < -0.39 is 0 Å². The minimum atomic E-state index is -0.0497. The number of carbonyl (C=O) groups excluding carboxylic acids is 1. The van der Waals surface area contributed by atoms with Crippen molar-refractivity contribution in [3.05, 3.63) is 33.0 Å². The molecule has 7 heteroatoms. The molecule has 0 saturated heterocycles. The standard InChI is InChI=1S/C19H24BrN3O2S/c1-12(2)9-23-18(25)15-8-14(20)6-7-16(15)21-19(23)26-11-17(24)22(3)10-13-4-5-13/h6-8,12-13H,4-5,9-11H2,1-3H3. The lowest BCUT2D eigenvalue weighted by molar-refractivity contribution is -0.127. The van der Waals surface area contributed by atoms with Crippen LogP contribution in [0.1, 0.15) is 26.7 Å². The Labute approximate surface area is 166 Å². The molecule has 0 radical (unpaired) electrons. The number of amides is 1. The highest BCUT2D eigenvalue weighted by Gasteiger charge is 2.25. The van der Waals surface area contributed by atoms with E-state index >= 15 is 0 Å². The van der Waals surface area contributed by atoms with E-state index in [-0.39, 0.29) is 11.5 Å². The fraction of sp³-hybridized carbons (Fsp3) is 0.526. The van der Waals surface area contributed by atoms with Gasteiger partial charge < -0.3 is 4.90 Å². The molecule has 0 bridgehead atoms. The second kappa shape index (κ2) is 8.13. The highest BCUT2D eigenvalue weighted by atomic mass is 79.9. The molecular weight excluding hydrogens is 414 g/mol.